The van der Waals surface area contributed by atoms with E-state index < -0.39 is 0 Å². The summed E-state index contributed by atoms with van der Waals surface area (Å²) in [6, 6.07) is 15.9. The van der Waals surface area contributed by atoms with Gasteiger partial charge in [0.15, 0.2) is 0 Å². The van der Waals surface area contributed by atoms with E-state index in [2.05, 4.69) is 6.58 Å². The third kappa shape index (κ3) is 2.31. The Morgan fingerprint density at radius 1 is 1.06 bits per heavy atom. The SMILES string of the molecule is C=Cc1cccc(Oc2ccccc2C)c1. The van der Waals surface area contributed by atoms with Crippen molar-refractivity contribution in [1.82, 2.24) is 0 Å². The zero-order valence-corrected chi connectivity index (χ0v) is 9.31. The molecule has 1 heteroatoms. The molecule has 2 rings (SSSR count). The number of hydrogen-bond acceptors (Lipinski definition) is 1. The van der Waals surface area contributed by atoms with Crippen molar-refractivity contribution in [3.05, 3.63) is 66.2 Å². The van der Waals surface area contributed by atoms with Gasteiger partial charge in [-0.1, -0.05) is 43.0 Å². The number of aryl methyl sites for hydroxylation is 1. The van der Waals surface area contributed by atoms with Crippen LogP contribution in [0.4, 0.5) is 0 Å². The van der Waals surface area contributed by atoms with Gasteiger partial charge in [-0.15, -0.1) is 0 Å². The third-order valence-electron chi connectivity index (χ3n) is 2.42. The largest absolute Gasteiger partial charge is 0.457 e. The van der Waals surface area contributed by atoms with Gasteiger partial charge in [0.1, 0.15) is 11.5 Å². The van der Waals surface area contributed by atoms with E-state index in [1.165, 1.54) is 0 Å². The first-order valence-electron chi connectivity index (χ1n) is 5.25. The van der Waals surface area contributed by atoms with Gasteiger partial charge in [0.2, 0.25) is 0 Å². The van der Waals surface area contributed by atoms with Crippen LogP contribution in [-0.4, -0.2) is 0 Å². The van der Waals surface area contributed by atoms with Crippen LogP contribution in [0.2, 0.25) is 0 Å². The first-order chi connectivity index (χ1) is 7.79. The Balaban J connectivity index is 2.27. The van der Waals surface area contributed by atoms with Crippen molar-refractivity contribution >= 4 is 6.08 Å². The van der Waals surface area contributed by atoms with Gasteiger partial charge in [-0.2, -0.15) is 0 Å². The molecule has 0 saturated carbocycles. The summed E-state index contributed by atoms with van der Waals surface area (Å²) in [6.07, 6.45) is 1.81. The van der Waals surface area contributed by atoms with E-state index in [1.54, 1.807) is 0 Å². The van der Waals surface area contributed by atoms with Crippen molar-refractivity contribution in [1.29, 1.82) is 0 Å². The summed E-state index contributed by atoms with van der Waals surface area (Å²) in [7, 11) is 0. The number of rotatable bonds is 3. The summed E-state index contributed by atoms with van der Waals surface area (Å²) in [5.74, 6) is 1.73. The smallest absolute Gasteiger partial charge is 0.130 e. The van der Waals surface area contributed by atoms with Crippen LogP contribution in [0.25, 0.3) is 6.08 Å². The molecule has 0 spiro atoms. The van der Waals surface area contributed by atoms with E-state index in [4.69, 9.17) is 4.74 Å². The molecule has 0 bridgehead atoms. The van der Waals surface area contributed by atoms with Crippen LogP contribution in [0.15, 0.2) is 55.1 Å². The molecule has 0 radical (unpaired) electrons. The van der Waals surface area contributed by atoms with E-state index in [1.807, 2.05) is 61.5 Å². The minimum Gasteiger partial charge on any atom is -0.457 e. The third-order valence-corrected chi connectivity index (χ3v) is 2.42. The minimum atomic E-state index is 0.840. The number of para-hydroxylation sites is 1. The fourth-order valence-corrected chi connectivity index (χ4v) is 1.50. The highest BCUT2D eigenvalue weighted by atomic mass is 16.5. The zero-order chi connectivity index (χ0) is 11.4. The van der Waals surface area contributed by atoms with Crippen molar-refractivity contribution in [3.8, 4) is 11.5 Å². The van der Waals surface area contributed by atoms with Crippen LogP contribution in [0.3, 0.4) is 0 Å². The number of benzene rings is 2. The zero-order valence-electron chi connectivity index (χ0n) is 9.31. The molecule has 80 valence electrons. The highest BCUT2D eigenvalue weighted by Gasteiger charge is 2.00. The Morgan fingerprint density at radius 2 is 1.88 bits per heavy atom. The van der Waals surface area contributed by atoms with Crippen LogP contribution >= 0.6 is 0 Å². The topological polar surface area (TPSA) is 9.23 Å². The predicted octanol–water partition coefficient (Wildman–Crippen LogP) is 4.43. The van der Waals surface area contributed by atoms with Crippen LogP contribution in [0.5, 0.6) is 11.5 Å². The lowest BCUT2D eigenvalue weighted by atomic mass is 10.2. The second-order valence-electron chi connectivity index (χ2n) is 3.64. The van der Waals surface area contributed by atoms with Gasteiger partial charge in [0, 0.05) is 0 Å². The molecule has 0 aromatic heterocycles. The normalized spacial score (nSPS) is 9.81. The van der Waals surface area contributed by atoms with Gasteiger partial charge in [-0.25, -0.2) is 0 Å². The molecule has 16 heavy (non-hydrogen) atoms. The average Bonchev–Trinajstić information content (AvgIpc) is 2.32. The minimum absolute atomic E-state index is 0.840. The summed E-state index contributed by atoms with van der Waals surface area (Å²) in [6.45, 7) is 5.78. The number of hydrogen-bond donors (Lipinski definition) is 0. The van der Waals surface area contributed by atoms with Crippen molar-refractivity contribution in [2.24, 2.45) is 0 Å². The Bertz CT molecular complexity index is 500. The summed E-state index contributed by atoms with van der Waals surface area (Å²) < 4.78 is 5.80. The van der Waals surface area contributed by atoms with Crippen LogP contribution < -0.4 is 4.74 Å². The molecule has 0 aliphatic carbocycles. The van der Waals surface area contributed by atoms with Crippen molar-refractivity contribution < 1.29 is 4.74 Å². The fourth-order valence-electron chi connectivity index (χ4n) is 1.50. The van der Waals surface area contributed by atoms with Crippen LogP contribution in [0, 0.1) is 6.92 Å². The van der Waals surface area contributed by atoms with Crippen molar-refractivity contribution in [3.63, 3.8) is 0 Å². The molecule has 0 N–H and O–H groups in total. The van der Waals surface area contributed by atoms with Gasteiger partial charge in [-0.3, -0.25) is 0 Å². The second-order valence-corrected chi connectivity index (χ2v) is 3.64. The summed E-state index contributed by atoms with van der Waals surface area (Å²) in [4.78, 5) is 0. The van der Waals surface area contributed by atoms with Crippen molar-refractivity contribution in [2.45, 2.75) is 6.92 Å². The second kappa shape index (κ2) is 4.67. The van der Waals surface area contributed by atoms with Gasteiger partial charge < -0.3 is 4.74 Å². The molecule has 0 fully saturated rings. The average molecular weight is 210 g/mol. The van der Waals surface area contributed by atoms with Crippen LogP contribution in [-0.2, 0) is 0 Å². The highest BCUT2D eigenvalue weighted by molar-refractivity contribution is 5.50. The molecule has 0 heterocycles. The first kappa shape index (κ1) is 10.5. The lowest BCUT2D eigenvalue weighted by molar-refractivity contribution is 0.479. The number of ether oxygens (including phenoxy) is 1. The summed E-state index contributed by atoms with van der Waals surface area (Å²) in [5, 5.41) is 0. The summed E-state index contributed by atoms with van der Waals surface area (Å²) >= 11 is 0. The molecule has 1 nitrogen and oxygen atoms in total. The molecule has 2 aromatic rings. The highest BCUT2D eigenvalue weighted by Crippen LogP contribution is 2.25. The molecule has 0 unspecified atom stereocenters. The summed E-state index contributed by atoms with van der Waals surface area (Å²) in [5.41, 5.74) is 2.19. The molecule has 0 saturated heterocycles. The van der Waals surface area contributed by atoms with Crippen LogP contribution in [0.1, 0.15) is 11.1 Å². The Morgan fingerprint density at radius 3 is 2.62 bits per heavy atom. The monoisotopic (exact) mass is 210 g/mol. The Hall–Kier alpha value is -2.02. The molecule has 0 aliphatic rings. The van der Waals surface area contributed by atoms with E-state index in [-0.39, 0.29) is 0 Å². The lowest BCUT2D eigenvalue weighted by Crippen LogP contribution is -1.87. The van der Waals surface area contributed by atoms with E-state index in [9.17, 15) is 0 Å². The quantitative estimate of drug-likeness (QED) is 0.728. The van der Waals surface area contributed by atoms with Gasteiger partial charge in [0.05, 0.1) is 0 Å². The van der Waals surface area contributed by atoms with Crippen molar-refractivity contribution in [2.75, 3.05) is 0 Å². The Kier molecular flexibility index (Phi) is 3.06. The van der Waals surface area contributed by atoms with Gasteiger partial charge >= 0.3 is 0 Å². The molecule has 0 atom stereocenters. The maximum absolute atomic E-state index is 5.80. The molecular weight excluding hydrogens is 196 g/mol. The standard InChI is InChI=1S/C15H14O/c1-3-13-8-6-9-14(11-13)16-15-10-5-4-7-12(15)2/h3-11H,1H2,2H3. The van der Waals surface area contributed by atoms with E-state index >= 15 is 0 Å². The maximum Gasteiger partial charge on any atom is 0.130 e. The molecule has 0 aliphatic heterocycles. The maximum atomic E-state index is 5.80. The predicted molar refractivity (Wildman–Crippen MR) is 67.8 cm³/mol. The van der Waals surface area contributed by atoms with E-state index in [0.717, 1.165) is 22.6 Å². The molecule has 0 amide bonds. The lowest BCUT2D eigenvalue weighted by Gasteiger charge is -2.08. The first-order valence-corrected chi connectivity index (χ1v) is 5.25. The Labute approximate surface area is 96.0 Å². The van der Waals surface area contributed by atoms with E-state index in [0.29, 0.717) is 0 Å². The molecular formula is C15H14O. The fraction of sp³-hybridized carbons (Fsp3) is 0.0667. The van der Waals surface area contributed by atoms with Gasteiger partial charge in [0.25, 0.3) is 0 Å². The molecule has 2 aromatic carbocycles. The van der Waals surface area contributed by atoms with Gasteiger partial charge in [-0.05, 0) is 36.2 Å².